The lowest BCUT2D eigenvalue weighted by Crippen LogP contribution is -2.31. The minimum atomic E-state index is -0.334. The van der Waals surface area contributed by atoms with Crippen LogP contribution in [-0.2, 0) is 11.8 Å². The number of aryl methyl sites for hydroxylation is 1. The summed E-state index contributed by atoms with van der Waals surface area (Å²) in [6.07, 6.45) is 4.77. The zero-order valence-corrected chi connectivity index (χ0v) is 14.5. The van der Waals surface area contributed by atoms with Crippen molar-refractivity contribution in [1.82, 2.24) is 20.1 Å². The number of carbonyl (C=O) groups is 1. The number of ether oxygens (including phenoxy) is 1. The number of nitrogens with one attached hydrogen (secondary N) is 2. The molecule has 26 heavy (non-hydrogen) atoms. The van der Waals surface area contributed by atoms with Crippen molar-refractivity contribution in [3.63, 3.8) is 0 Å². The van der Waals surface area contributed by atoms with Crippen molar-refractivity contribution in [1.29, 1.82) is 0 Å². The standard InChI is InChI=1S/C18H20N6O2/c1-24-15(6-4-13-5-7-16(19)21-11-13)10-17(23-24)22-18(25)20-8-9-26-12-14-2-3-14/h2,5,7,10-11H,3,8-9,12H2,1H3,(H2,19,21)(H2,20,22,23,25). The lowest BCUT2D eigenvalue weighted by Gasteiger charge is -2.05. The fraction of sp³-hybridized carbons (Fsp3) is 0.278. The van der Waals surface area contributed by atoms with Gasteiger partial charge in [-0.2, -0.15) is 5.10 Å². The van der Waals surface area contributed by atoms with E-state index in [0.29, 0.717) is 37.1 Å². The molecule has 0 saturated heterocycles. The maximum Gasteiger partial charge on any atom is 0.320 e. The Balaban J connectivity index is 1.48. The molecule has 8 nitrogen and oxygen atoms in total. The number of pyridine rings is 1. The smallest absolute Gasteiger partial charge is 0.320 e. The van der Waals surface area contributed by atoms with Gasteiger partial charge in [0.05, 0.1) is 13.2 Å². The number of nitrogens with two attached hydrogens (primary N) is 1. The van der Waals surface area contributed by atoms with E-state index < -0.39 is 0 Å². The Hall–Kier alpha value is -3.31. The second-order valence-electron chi connectivity index (χ2n) is 5.76. The number of aromatic nitrogens is 3. The first-order valence-electron chi connectivity index (χ1n) is 8.18. The summed E-state index contributed by atoms with van der Waals surface area (Å²) in [6.45, 7) is 1.55. The van der Waals surface area contributed by atoms with Crippen LogP contribution in [0.25, 0.3) is 0 Å². The van der Waals surface area contributed by atoms with Gasteiger partial charge in [-0.15, -0.1) is 0 Å². The zero-order chi connectivity index (χ0) is 18.4. The van der Waals surface area contributed by atoms with Crippen LogP contribution in [0.1, 0.15) is 17.7 Å². The van der Waals surface area contributed by atoms with E-state index in [-0.39, 0.29) is 6.03 Å². The molecule has 0 aromatic carbocycles. The van der Waals surface area contributed by atoms with Crippen molar-refractivity contribution in [2.75, 3.05) is 30.8 Å². The van der Waals surface area contributed by atoms with Gasteiger partial charge in [0.15, 0.2) is 5.82 Å². The Kier molecular flexibility index (Phi) is 5.51. The SMILES string of the molecule is Cn1nc(NC(=O)NCCOCC2=CC2)cc1C#Cc1ccc(N)nc1. The molecule has 4 N–H and O–H groups in total. The first-order valence-corrected chi connectivity index (χ1v) is 8.18. The summed E-state index contributed by atoms with van der Waals surface area (Å²) < 4.78 is 7.00. The summed E-state index contributed by atoms with van der Waals surface area (Å²) in [5.41, 5.74) is 8.27. The maximum absolute atomic E-state index is 11.9. The molecule has 1 aliphatic carbocycles. The number of nitrogen functional groups attached to an aromatic ring is 1. The van der Waals surface area contributed by atoms with Gasteiger partial charge in [0.2, 0.25) is 0 Å². The zero-order valence-electron chi connectivity index (χ0n) is 14.5. The maximum atomic E-state index is 11.9. The Labute approximate surface area is 151 Å². The lowest BCUT2D eigenvalue weighted by atomic mass is 10.2. The minimum absolute atomic E-state index is 0.334. The molecule has 0 unspecified atom stereocenters. The second-order valence-corrected chi connectivity index (χ2v) is 5.76. The number of hydrogen-bond donors (Lipinski definition) is 3. The van der Waals surface area contributed by atoms with Gasteiger partial charge in [-0.05, 0) is 30.0 Å². The van der Waals surface area contributed by atoms with Crippen molar-refractivity contribution >= 4 is 17.7 Å². The first kappa shape index (κ1) is 17.5. The number of rotatable bonds is 6. The fourth-order valence-electron chi connectivity index (χ4n) is 2.05. The monoisotopic (exact) mass is 352 g/mol. The van der Waals surface area contributed by atoms with Gasteiger partial charge in [-0.3, -0.25) is 10.00 Å². The largest absolute Gasteiger partial charge is 0.384 e. The van der Waals surface area contributed by atoms with Gasteiger partial charge in [0, 0.05) is 31.4 Å². The van der Waals surface area contributed by atoms with E-state index in [1.165, 1.54) is 5.57 Å². The molecule has 0 spiro atoms. The fourth-order valence-corrected chi connectivity index (χ4v) is 2.05. The summed E-state index contributed by atoms with van der Waals surface area (Å²) in [6, 6.07) is 4.85. The number of amides is 2. The van der Waals surface area contributed by atoms with E-state index in [2.05, 4.69) is 38.6 Å². The average Bonchev–Trinajstić information content (AvgIpc) is 3.37. The van der Waals surface area contributed by atoms with Crippen molar-refractivity contribution in [3.05, 3.63) is 47.3 Å². The van der Waals surface area contributed by atoms with Crippen LogP contribution in [0.5, 0.6) is 0 Å². The normalized spacial score (nSPS) is 12.0. The minimum Gasteiger partial charge on any atom is -0.384 e. The van der Waals surface area contributed by atoms with Crippen LogP contribution in [0, 0.1) is 11.8 Å². The second kappa shape index (κ2) is 8.18. The third-order valence-electron chi connectivity index (χ3n) is 3.55. The number of urea groups is 1. The van der Waals surface area contributed by atoms with Crippen LogP contribution in [0.4, 0.5) is 16.4 Å². The molecule has 0 atom stereocenters. The summed E-state index contributed by atoms with van der Waals surface area (Å²) in [5, 5.41) is 9.61. The lowest BCUT2D eigenvalue weighted by molar-refractivity contribution is 0.160. The van der Waals surface area contributed by atoms with Crippen LogP contribution in [0.3, 0.4) is 0 Å². The van der Waals surface area contributed by atoms with E-state index in [4.69, 9.17) is 10.5 Å². The Morgan fingerprint density at radius 2 is 2.27 bits per heavy atom. The van der Waals surface area contributed by atoms with Crippen LogP contribution in [0.2, 0.25) is 0 Å². The van der Waals surface area contributed by atoms with Gasteiger partial charge in [-0.1, -0.05) is 12.0 Å². The predicted molar refractivity (Wildman–Crippen MR) is 98.4 cm³/mol. The summed E-state index contributed by atoms with van der Waals surface area (Å²) in [5.74, 6) is 6.84. The molecule has 1 aliphatic rings. The molecule has 8 heteroatoms. The van der Waals surface area contributed by atoms with Crippen LogP contribution in [0.15, 0.2) is 36.0 Å². The van der Waals surface area contributed by atoms with Gasteiger partial charge < -0.3 is 15.8 Å². The highest BCUT2D eigenvalue weighted by molar-refractivity contribution is 5.88. The highest BCUT2D eigenvalue weighted by atomic mass is 16.5. The third-order valence-corrected chi connectivity index (χ3v) is 3.55. The average molecular weight is 352 g/mol. The van der Waals surface area contributed by atoms with Crippen molar-refractivity contribution < 1.29 is 9.53 Å². The molecule has 2 aromatic heterocycles. The number of allylic oxidation sites excluding steroid dienone is 1. The molecule has 2 amide bonds. The third kappa shape index (κ3) is 5.36. The summed E-state index contributed by atoms with van der Waals surface area (Å²) >= 11 is 0. The van der Waals surface area contributed by atoms with Crippen LogP contribution >= 0.6 is 0 Å². The van der Waals surface area contributed by atoms with E-state index in [0.717, 1.165) is 12.0 Å². The molecule has 3 rings (SSSR count). The molecule has 2 aromatic rings. The number of nitrogens with zero attached hydrogens (tertiary/aromatic N) is 3. The highest BCUT2D eigenvalue weighted by Gasteiger charge is 2.08. The van der Waals surface area contributed by atoms with E-state index in [1.807, 2.05) is 0 Å². The van der Waals surface area contributed by atoms with Gasteiger partial charge in [0.1, 0.15) is 11.5 Å². The number of hydrogen-bond acceptors (Lipinski definition) is 5. The topological polar surface area (TPSA) is 107 Å². The highest BCUT2D eigenvalue weighted by Crippen LogP contribution is 2.17. The molecule has 0 bridgehead atoms. The predicted octanol–water partition coefficient (Wildman–Crippen LogP) is 1.27. The van der Waals surface area contributed by atoms with E-state index in [9.17, 15) is 4.79 Å². The summed E-state index contributed by atoms with van der Waals surface area (Å²) in [7, 11) is 1.76. The molecule has 0 saturated carbocycles. The Morgan fingerprint density at radius 3 is 3.00 bits per heavy atom. The van der Waals surface area contributed by atoms with Crippen molar-refractivity contribution in [3.8, 4) is 11.8 Å². The van der Waals surface area contributed by atoms with Crippen molar-refractivity contribution in [2.24, 2.45) is 7.05 Å². The van der Waals surface area contributed by atoms with Crippen LogP contribution < -0.4 is 16.4 Å². The molecule has 2 heterocycles. The first-order chi connectivity index (χ1) is 12.6. The van der Waals surface area contributed by atoms with Crippen LogP contribution in [-0.4, -0.2) is 40.6 Å². The summed E-state index contributed by atoms with van der Waals surface area (Å²) in [4.78, 5) is 15.8. The molecular weight excluding hydrogens is 332 g/mol. The number of carbonyl (C=O) groups excluding carboxylic acids is 1. The Morgan fingerprint density at radius 1 is 1.42 bits per heavy atom. The number of anilines is 2. The molecule has 0 radical (unpaired) electrons. The molecular formula is C18H20N6O2. The van der Waals surface area contributed by atoms with Gasteiger partial charge >= 0.3 is 6.03 Å². The van der Waals surface area contributed by atoms with Gasteiger partial charge in [-0.25, -0.2) is 9.78 Å². The van der Waals surface area contributed by atoms with Gasteiger partial charge in [0.25, 0.3) is 0 Å². The molecule has 0 fully saturated rings. The Bertz CT molecular complexity index is 873. The molecule has 0 aliphatic heterocycles. The van der Waals surface area contributed by atoms with E-state index in [1.54, 1.807) is 36.1 Å². The quantitative estimate of drug-likeness (QED) is 0.412. The van der Waals surface area contributed by atoms with Crippen molar-refractivity contribution in [2.45, 2.75) is 6.42 Å². The molecule has 134 valence electrons. The van der Waals surface area contributed by atoms with E-state index >= 15 is 0 Å².